The second-order valence-electron chi connectivity index (χ2n) is 5.56. The Labute approximate surface area is 165 Å². The number of hydrogen-bond donors (Lipinski definition) is 1. The number of hydrogen-bond acceptors (Lipinski definition) is 4. The maximum atomic E-state index is 12.8. The van der Waals surface area contributed by atoms with Crippen molar-refractivity contribution in [2.75, 3.05) is 11.5 Å². The molecule has 0 aliphatic carbocycles. The predicted molar refractivity (Wildman–Crippen MR) is 103 cm³/mol. The third kappa shape index (κ3) is 3.97. The van der Waals surface area contributed by atoms with Crippen molar-refractivity contribution in [1.82, 2.24) is 5.32 Å². The first-order valence-corrected chi connectivity index (χ1v) is 8.75. The number of rotatable bonds is 4. The highest BCUT2D eigenvalue weighted by molar-refractivity contribution is 6.43. The van der Waals surface area contributed by atoms with E-state index in [1.165, 1.54) is 24.3 Å². The van der Waals surface area contributed by atoms with Crippen molar-refractivity contribution in [3.63, 3.8) is 0 Å². The summed E-state index contributed by atoms with van der Waals surface area (Å²) >= 11 is 11.9. The fourth-order valence-electron chi connectivity index (χ4n) is 2.54. The number of nitrogens with zero attached hydrogens (tertiary/aromatic N) is 1. The Morgan fingerprint density at radius 1 is 1.07 bits per heavy atom. The van der Waals surface area contributed by atoms with Crippen LogP contribution in [-0.2, 0) is 9.59 Å². The highest BCUT2D eigenvalue weighted by Gasteiger charge is 2.37. The summed E-state index contributed by atoms with van der Waals surface area (Å²) < 4.78 is 5.41. The number of nitrogens with one attached hydrogen (secondary N) is 1. The van der Waals surface area contributed by atoms with Gasteiger partial charge in [-0.3, -0.25) is 14.9 Å². The molecule has 1 aliphatic rings. The molecule has 1 heterocycles. The molecule has 27 heavy (non-hydrogen) atoms. The van der Waals surface area contributed by atoms with Gasteiger partial charge < -0.3 is 4.74 Å². The van der Waals surface area contributed by atoms with Crippen molar-refractivity contribution >= 4 is 52.8 Å². The van der Waals surface area contributed by atoms with Crippen LogP contribution in [0.1, 0.15) is 12.5 Å². The lowest BCUT2D eigenvalue weighted by atomic mass is 10.1. The molecule has 0 aromatic heterocycles. The van der Waals surface area contributed by atoms with Crippen molar-refractivity contribution in [3.8, 4) is 5.75 Å². The van der Waals surface area contributed by atoms with Gasteiger partial charge in [0.25, 0.3) is 11.8 Å². The molecule has 0 spiro atoms. The largest absolute Gasteiger partial charge is 0.494 e. The van der Waals surface area contributed by atoms with Gasteiger partial charge >= 0.3 is 6.03 Å². The highest BCUT2D eigenvalue weighted by atomic mass is 35.5. The Morgan fingerprint density at radius 3 is 2.56 bits per heavy atom. The summed E-state index contributed by atoms with van der Waals surface area (Å²) in [5.74, 6) is -0.931. The summed E-state index contributed by atoms with van der Waals surface area (Å²) in [6.07, 6.45) is 1.40. The molecule has 4 amide bonds. The first-order chi connectivity index (χ1) is 12.9. The zero-order valence-corrected chi connectivity index (χ0v) is 15.7. The van der Waals surface area contributed by atoms with E-state index in [9.17, 15) is 14.4 Å². The minimum atomic E-state index is -0.858. The average molecular weight is 405 g/mol. The van der Waals surface area contributed by atoms with Gasteiger partial charge in [-0.1, -0.05) is 35.3 Å². The van der Waals surface area contributed by atoms with Crippen LogP contribution in [0, 0.1) is 0 Å². The van der Waals surface area contributed by atoms with E-state index < -0.39 is 17.8 Å². The van der Waals surface area contributed by atoms with E-state index in [-0.39, 0.29) is 21.3 Å². The van der Waals surface area contributed by atoms with E-state index in [4.69, 9.17) is 27.9 Å². The van der Waals surface area contributed by atoms with Crippen LogP contribution in [0.3, 0.4) is 0 Å². The third-order valence-electron chi connectivity index (χ3n) is 3.74. The number of carbonyl (C=O) groups excluding carboxylic acids is 3. The number of halogens is 2. The quantitative estimate of drug-likeness (QED) is 0.615. The fourth-order valence-corrected chi connectivity index (χ4v) is 2.84. The number of urea groups is 1. The summed E-state index contributed by atoms with van der Waals surface area (Å²) in [5.41, 5.74) is 0.602. The molecule has 0 unspecified atom stereocenters. The molecule has 3 rings (SSSR count). The molecule has 1 N–H and O–H groups in total. The van der Waals surface area contributed by atoms with Crippen molar-refractivity contribution < 1.29 is 19.1 Å². The molecule has 2 aromatic carbocycles. The maximum absolute atomic E-state index is 12.8. The van der Waals surface area contributed by atoms with Gasteiger partial charge in [0.2, 0.25) is 0 Å². The summed E-state index contributed by atoms with van der Waals surface area (Å²) in [6.45, 7) is 2.34. The van der Waals surface area contributed by atoms with Crippen LogP contribution in [-0.4, -0.2) is 24.5 Å². The smallest absolute Gasteiger partial charge is 0.335 e. The minimum Gasteiger partial charge on any atom is -0.494 e. The molecule has 0 atom stereocenters. The molecule has 1 fully saturated rings. The van der Waals surface area contributed by atoms with Crippen molar-refractivity contribution in [2.45, 2.75) is 6.92 Å². The van der Waals surface area contributed by atoms with E-state index in [0.29, 0.717) is 17.9 Å². The van der Waals surface area contributed by atoms with Crippen LogP contribution in [0.5, 0.6) is 5.75 Å². The van der Waals surface area contributed by atoms with Crippen LogP contribution in [0.15, 0.2) is 48.0 Å². The first kappa shape index (κ1) is 18.9. The number of amides is 4. The van der Waals surface area contributed by atoms with Crippen LogP contribution in [0.2, 0.25) is 10.0 Å². The van der Waals surface area contributed by atoms with E-state index in [0.717, 1.165) is 4.90 Å². The lowest BCUT2D eigenvalue weighted by Gasteiger charge is -2.26. The van der Waals surface area contributed by atoms with Gasteiger partial charge in [-0.05, 0) is 48.9 Å². The first-order valence-electron chi connectivity index (χ1n) is 8.00. The molecular weight excluding hydrogens is 391 g/mol. The van der Waals surface area contributed by atoms with Gasteiger partial charge in [0.1, 0.15) is 11.3 Å². The van der Waals surface area contributed by atoms with Crippen molar-refractivity contribution in [3.05, 3.63) is 63.6 Å². The molecule has 1 saturated heterocycles. The molecule has 6 nitrogen and oxygen atoms in total. The summed E-state index contributed by atoms with van der Waals surface area (Å²) in [7, 11) is 0. The highest BCUT2D eigenvalue weighted by Crippen LogP contribution is 2.29. The molecular formula is C19H14Cl2N2O4. The number of carbonyl (C=O) groups is 3. The van der Waals surface area contributed by atoms with Gasteiger partial charge in [-0.25, -0.2) is 9.69 Å². The third-order valence-corrected chi connectivity index (χ3v) is 4.48. The van der Waals surface area contributed by atoms with E-state index in [1.54, 1.807) is 24.3 Å². The summed E-state index contributed by atoms with van der Waals surface area (Å²) in [6, 6.07) is 10.4. The molecule has 138 valence electrons. The Bertz CT molecular complexity index is 972. The Balaban J connectivity index is 1.99. The molecule has 0 saturated carbocycles. The van der Waals surface area contributed by atoms with Gasteiger partial charge in [0.15, 0.2) is 0 Å². The molecule has 0 bridgehead atoms. The second-order valence-corrected chi connectivity index (χ2v) is 6.38. The zero-order valence-electron chi connectivity index (χ0n) is 14.2. The minimum absolute atomic E-state index is 0.182. The van der Waals surface area contributed by atoms with Crippen LogP contribution in [0.4, 0.5) is 10.5 Å². The monoisotopic (exact) mass is 404 g/mol. The lowest BCUT2D eigenvalue weighted by molar-refractivity contribution is -0.122. The topological polar surface area (TPSA) is 75.7 Å². The Kier molecular flexibility index (Phi) is 5.48. The number of ether oxygens (including phenoxy) is 1. The summed E-state index contributed by atoms with van der Waals surface area (Å²) in [5, 5.41) is 2.62. The fraction of sp³-hybridized carbons (Fsp3) is 0.105. The number of anilines is 1. The summed E-state index contributed by atoms with van der Waals surface area (Å²) in [4.78, 5) is 38.1. The van der Waals surface area contributed by atoms with Crippen LogP contribution in [0.25, 0.3) is 6.08 Å². The van der Waals surface area contributed by atoms with Crippen LogP contribution >= 0.6 is 23.2 Å². The average Bonchev–Trinajstić information content (AvgIpc) is 2.62. The van der Waals surface area contributed by atoms with Gasteiger partial charge in [-0.15, -0.1) is 0 Å². The standard InChI is InChI=1S/C19H14Cl2N2O4/c1-2-27-13-5-3-4-11(8-13)9-14-17(24)22-19(26)23(18(14)25)12-6-7-15(20)16(21)10-12/h3-10H,2H2,1H3,(H,22,24,26)/b14-9-. The molecule has 1 aliphatic heterocycles. The van der Waals surface area contributed by atoms with Crippen LogP contribution < -0.4 is 15.0 Å². The zero-order chi connectivity index (χ0) is 19.6. The molecule has 2 aromatic rings. The second kappa shape index (κ2) is 7.82. The SMILES string of the molecule is CCOc1cccc(/C=C2/C(=O)NC(=O)N(c3ccc(Cl)c(Cl)c3)C2=O)c1. The number of imide groups is 2. The van der Waals surface area contributed by atoms with Gasteiger partial charge in [-0.2, -0.15) is 0 Å². The normalized spacial score (nSPS) is 15.9. The van der Waals surface area contributed by atoms with Gasteiger partial charge in [0, 0.05) is 0 Å². The van der Waals surface area contributed by atoms with E-state index in [1.807, 2.05) is 6.92 Å². The number of benzene rings is 2. The predicted octanol–water partition coefficient (Wildman–Crippen LogP) is 4.06. The van der Waals surface area contributed by atoms with Gasteiger partial charge in [0.05, 0.1) is 22.3 Å². The molecule has 0 radical (unpaired) electrons. The Hall–Kier alpha value is -2.83. The van der Waals surface area contributed by atoms with Crippen molar-refractivity contribution in [2.24, 2.45) is 0 Å². The van der Waals surface area contributed by atoms with E-state index >= 15 is 0 Å². The molecule has 8 heteroatoms. The van der Waals surface area contributed by atoms with E-state index in [2.05, 4.69) is 5.32 Å². The number of barbiturate groups is 1. The van der Waals surface area contributed by atoms with Crippen molar-refractivity contribution in [1.29, 1.82) is 0 Å². The Morgan fingerprint density at radius 2 is 1.85 bits per heavy atom. The lowest BCUT2D eigenvalue weighted by Crippen LogP contribution is -2.54. The maximum Gasteiger partial charge on any atom is 0.335 e.